The van der Waals surface area contributed by atoms with Gasteiger partial charge in [0.1, 0.15) is 0 Å². The first-order valence-electron chi connectivity index (χ1n) is 5.79. The molecule has 1 amide bonds. The van der Waals surface area contributed by atoms with Crippen LogP contribution in [0.5, 0.6) is 0 Å². The largest absolute Gasteiger partial charge is 0.356 e. The van der Waals surface area contributed by atoms with Crippen LogP contribution in [-0.2, 0) is 10.3 Å². The Hall–Kier alpha value is -1.06. The molecule has 0 spiro atoms. The summed E-state index contributed by atoms with van der Waals surface area (Å²) in [5, 5.41) is 2.77. The summed E-state index contributed by atoms with van der Waals surface area (Å²) < 4.78 is 0. The van der Waals surface area contributed by atoms with Crippen LogP contribution >= 0.6 is 11.6 Å². The third kappa shape index (κ3) is 4.02. The highest BCUT2D eigenvalue weighted by Gasteiger charge is 2.29. The second-order valence-electron chi connectivity index (χ2n) is 4.09. The van der Waals surface area contributed by atoms with Gasteiger partial charge in [-0.25, -0.2) is 0 Å². The van der Waals surface area contributed by atoms with E-state index in [1.165, 1.54) is 0 Å². The van der Waals surface area contributed by atoms with Gasteiger partial charge in [0.05, 0.1) is 5.54 Å². The van der Waals surface area contributed by atoms with Crippen LogP contribution < -0.4 is 11.1 Å². The van der Waals surface area contributed by atoms with Gasteiger partial charge in [0, 0.05) is 18.8 Å². The quantitative estimate of drug-likeness (QED) is 0.763. The van der Waals surface area contributed by atoms with Gasteiger partial charge in [-0.1, -0.05) is 30.3 Å². The molecule has 0 bridgehead atoms. The van der Waals surface area contributed by atoms with E-state index < -0.39 is 5.54 Å². The van der Waals surface area contributed by atoms with Crippen molar-refractivity contribution < 1.29 is 4.79 Å². The van der Waals surface area contributed by atoms with Crippen LogP contribution in [0.2, 0.25) is 0 Å². The molecule has 0 heterocycles. The lowest BCUT2D eigenvalue weighted by molar-refractivity contribution is -0.122. The zero-order chi connectivity index (χ0) is 12.7. The van der Waals surface area contributed by atoms with Crippen molar-refractivity contribution in [1.29, 1.82) is 0 Å². The van der Waals surface area contributed by atoms with E-state index in [0.29, 0.717) is 18.8 Å². The highest BCUT2D eigenvalue weighted by atomic mass is 35.5. The summed E-state index contributed by atoms with van der Waals surface area (Å²) in [5.74, 6) is 0.397. The Morgan fingerprint density at radius 1 is 1.41 bits per heavy atom. The van der Waals surface area contributed by atoms with Crippen molar-refractivity contribution in [2.45, 2.75) is 25.3 Å². The molecule has 1 unspecified atom stereocenters. The molecule has 1 aromatic carbocycles. The maximum Gasteiger partial charge on any atom is 0.222 e. The van der Waals surface area contributed by atoms with Gasteiger partial charge in [-0.3, -0.25) is 4.79 Å². The fourth-order valence-electron chi connectivity index (χ4n) is 1.82. The number of carbonyl (C=O) groups excluding carboxylic acids is 1. The summed E-state index contributed by atoms with van der Waals surface area (Å²) in [4.78, 5) is 11.7. The highest BCUT2D eigenvalue weighted by molar-refractivity contribution is 6.17. The number of nitrogens with one attached hydrogen (secondary N) is 1. The molecule has 0 aromatic heterocycles. The van der Waals surface area contributed by atoms with Crippen molar-refractivity contribution in [2.75, 3.05) is 12.4 Å². The summed E-state index contributed by atoms with van der Waals surface area (Å²) in [6, 6.07) is 9.64. The summed E-state index contributed by atoms with van der Waals surface area (Å²) >= 11 is 5.78. The van der Waals surface area contributed by atoms with Gasteiger partial charge in [0.2, 0.25) is 5.91 Å². The minimum absolute atomic E-state index is 0.0380. The van der Waals surface area contributed by atoms with Gasteiger partial charge < -0.3 is 11.1 Å². The third-order valence-corrected chi connectivity index (χ3v) is 2.93. The molecule has 0 radical (unpaired) electrons. The number of hydrogen-bond donors (Lipinski definition) is 2. The smallest absolute Gasteiger partial charge is 0.222 e. The molecular weight excluding hydrogens is 236 g/mol. The molecule has 1 rings (SSSR count). The van der Waals surface area contributed by atoms with Gasteiger partial charge in [-0.05, 0) is 18.9 Å². The third-order valence-electron chi connectivity index (χ3n) is 2.74. The lowest BCUT2D eigenvalue weighted by Gasteiger charge is -2.28. The van der Waals surface area contributed by atoms with Gasteiger partial charge in [0.15, 0.2) is 0 Å². The maximum atomic E-state index is 11.7. The van der Waals surface area contributed by atoms with Crippen molar-refractivity contribution in [2.24, 2.45) is 5.73 Å². The molecule has 0 aliphatic heterocycles. The minimum atomic E-state index is -0.678. The highest BCUT2D eigenvalue weighted by Crippen LogP contribution is 2.26. The Bertz CT molecular complexity index is 356. The van der Waals surface area contributed by atoms with Crippen molar-refractivity contribution >= 4 is 17.5 Å². The van der Waals surface area contributed by atoms with Crippen LogP contribution in [0.25, 0.3) is 0 Å². The Balaban J connectivity index is 2.86. The summed E-state index contributed by atoms with van der Waals surface area (Å²) in [7, 11) is 0. The topological polar surface area (TPSA) is 55.1 Å². The van der Waals surface area contributed by atoms with Crippen LogP contribution in [-0.4, -0.2) is 18.3 Å². The monoisotopic (exact) mass is 254 g/mol. The van der Waals surface area contributed by atoms with Gasteiger partial charge in [-0.15, -0.1) is 11.6 Å². The Kier molecular flexibility index (Phi) is 5.45. The molecule has 0 aliphatic carbocycles. The average Bonchev–Trinajstić information content (AvgIpc) is 2.30. The van der Waals surface area contributed by atoms with Gasteiger partial charge in [0.25, 0.3) is 0 Å². The lowest BCUT2D eigenvalue weighted by Crippen LogP contribution is -2.42. The average molecular weight is 255 g/mol. The predicted molar refractivity (Wildman–Crippen MR) is 70.9 cm³/mol. The Labute approximate surface area is 107 Å². The molecule has 0 fully saturated rings. The predicted octanol–water partition coefficient (Wildman–Crippen LogP) is 2.00. The minimum Gasteiger partial charge on any atom is -0.356 e. The van der Waals surface area contributed by atoms with Crippen LogP contribution in [0, 0.1) is 0 Å². The number of halogens is 1. The van der Waals surface area contributed by atoms with E-state index in [2.05, 4.69) is 5.32 Å². The molecule has 94 valence electrons. The molecule has 1 aromatic rings. The summed E-state index contributed by atoms with van der Waals surface area (Å²) in [6.45, 7) is 2.50. The molecular formula is C13H19ClN2O. The SMILES string of the molecule is CCNC(=O)CC(N)(CCCl)c1ccccc1. The summed E-state index contributed by atoms with van der Waals surface area (Å²) in [6.07, 6.45) is 0.841. The van der Waals surface area contributed by atoms with Crippen molar-refractivity contribution in [3.05, 3.63) is 35.9 Å². The zero-order valence-corrected chi connectivity index (χ0v) is 10.8. The normalized spacial score (nSPS) is 14.1. The van der Waals surface area contributed by atoms with E-state index in [-0.39, 0.29) is 12.3 Å². The number of nitrogens with two attached hydrogens (primary N) is 1. The molecule has 4 heteroatoms. The van der Waals surface area contributed by atoms with E-state index in [0.717, 1.165) is 5.56 Å². The molecule has 17 heavy (non-hydrogen) atoms. The summed E-state index contributed by atoms with van der Waals surface area (Å²) in [5.41, 5.74) is 6.59. The molecule has 1 atom stereocenters. The van der Waals surface area contributed by atoms with Crippen LogP contribution in [0.3, 0.4) is 0 Å². The van der Waals surface area contributed by atoms with Gasteiger partial charge >= 0.3 is 0 Å². The number of hydrogen-bond acceptors (Lipinski definition) is 2. The van der Waals surface area contributed by atoms with Crippen molar-refractivity contribution in [3.8, 4) is 0 Å². The zero-order valence-electron chi connectivity index (χ0n) is 10.1. The number of carbonyl (C=O) groups is 1. The number of alkyl halides is 1. The second kappa shape index (κ2) is 6.62. The van der Waals surface area contributed by atoms with Crippen molar-refractivity contribution in [3.63, 3.8) is 0 Å². The number of amides is 1. The fourth-order valence-corrected chi connectivity index (χ4v) is 2.16. The standard InChI is InChI=1S/C13H19ClN2O/c1-2-16-12(17)10-13(15,8-9-14)11-6-4-3-5-7-11/h3-7H,2,8-10,15H2,1H3,(H,16,17). The first kappa shape index (κ1) is 14.0. The molecule has 0 aliphatic rings. The molecule has 3 nitrogen and oxygen atoms in total. The second-order valence-corrected chi connectivity index (χ2v) is 4.47. The van der Waals surface area contributed by atoms with E-state index in [1.807, 2.05) is 37.3 Å². The van der Waals surface area contributed by atoms with Crippen LogP contribution in [0.15, 0.2) is 30.3 Å². The van der Waals surface area contributed by atoms with E-state index in [4.69, 9.17) is 17.3 Å². The number of rotatable bonds is 6. The maximum absolute atomic E-state index is 11.7. The molecule has 0 saturated carbocycles. The first-order chi connectivity index (χ1) is 8.12. The van der Waals surface area contributed by atoms with E-state index in [1.54, 1.807) is 0 Å². The van der Waals surface area contributed by atoms with Gasteiger partial charge in [-0.2, -0.15) is 0 Å². The molecule has 0 saturated heterocycles. The molecule has 3 N–H and O–H groups in total. The van der Waals surface area contributed by atoms with E-state index >= 15 is 0 Å². The van der Waals surface area contributed by atoms with Crippen molar-refractivity contribution in [1.82, 2.24) is 5.32 Å². The van der Waals surface area contributed by atoms with E-state index in [9.17, 15) is 4.79 Å². The van der Waals surface area contributed by atoms with Crippen LogP contribution in [0.1, 0.15) is 25.3 Å². The Morgan fingerprint density at radius 3 is 2.59 bits per heavy atom. The lowest BCUT2D eigenvalue weighted by atomic mass is 9.85. The Morgan fingerprint density at radius 2 is 2.06 bits per heavy atom. The van der Waals surface area contributed by atoms with Crippen LogP contribution in [0.4, 0.5) is 0 Å². The first-order valence-corrected chi connectivity index (χ1v) is 6.33. The number of benzene rings is 1. The fraction of sp³-hybridized carbons (Fsp3) is 0.462.